The van der Waals surface area contributed by atoms with E-state index in [0.717, 1.165) is 0 Å². The Kier molecular flexibility index (Phi) is 9.33. The lowest BCUT2D eigenvalue weighted by molar-refractivity contribution is -0.167. The van der Waals surface area contributed by atoms with Gasteiger partial charge in [-0.15, -0.1) is 0 Å². The fraction of sp³-hybridized carbons (Fsp3) is 0.667. The zero-order valence-electron chi connectivity index (χ0n) is 14.9. The normalized spacial score (nSPS) is 16.1. The number of ether oxygens (including phenoxy) is 2. The number of carbonyl (C=O) groups excluding carboxylic acids is 3. The number of cyclic esters (lactones) is 2. The molecular formula is C15H23N3O9. The van der Waals surface area contributed by atoms with E-state index in [4.69, 9.17) is 9.84 Å². The molecule has 0 spiro atoms. The van der Waals surface area contributed by atoms with Gasteiger partial charge in [-0.25, -0.2) is 0 Å². The van der Waals surface area contributed by atoms with E-state index in [-0.39, 0.29) is 45.9 Å². The first-order valence-corrected chi connectivity index (χ1v) is 8.23. The molecule has 1 unspecified atom stereocenters. The molecule has 12 heteroatoms. The molecule has 1 fully saturated rings. The lowest BCUT2D eigenvalue weighted by atomic mass is 10.2. The molecule has 0 bridgehead atoms. The fourth-order valence-electron chi connectivity index (χ4n) is 2.42. The molecule has 0 amide bonds. The van der Waals surface area contributed by atoms with Crippen LogP contribution in [0.4, 0.5) is 0 Å². The standard InChI is InChI=1S/C15H23N3O9/c1-2-26-12(21)7-17(6-11(19)20)4-3-16-10(15(24)25)5-18-8-13(22)27-14(23)9-18/h10,16H,2-9H2,1H3,(H,19,20)(H,24,25). The van der Waals surface area contributed by atoms with Crippen LogP contribution in [-0.2, 0) is 33.4 Å². The topological polar surface area (TPSA) is 163 Å². The molecule has 0 aromatic heterocycles. The summed E-state index contributed by atoms with van der Waals surface area (Å²) in [6.07, 6.45) is 0. The van der Waals surface area contributed by atoms with Crippen molar-refractivity contribution >= 4 is 29.8 Å². The maximum Gasteiger partial charge on any atom is 0.327 e. The van der Waals surface area contributed by atoms with Crippen molar-refractivity contribution in [2.24, 2.45) is 0 Å². The van der Waals surface area contributed by atoms with Crippen LogP contribution < -0.4 is 5.32 Å². The number of morpholine rings is 1. The smallest absolute Gasteiger partial charge is 0.327 e. The number of hydrogen-bond donors (Lipinski definition) is 3. The van der Waals surface area contributed by atoms with Gasteiger partial charge in [0.05, 0.1) is 32.8 Å². The van der Waals surface area contributed by atoms with E-state index < -0.39 is 42.4 Å². The average Bonchev–Trinajstić information content (AvgIpc) is 2.52. The van der Waals surface area contributed by atoms with E-state index in [1.165, 1.54) is 9.80 Å². The number of nitrogens with one attached hydrogen (secondary N) is 1. The highest BCUT2D eigenvalue weighted by atomic mass is 16.6. The second kappa shape index (κ2) is 11.2. The van der Waals surface area contributed by atoms with Crippen molar-refractivity contribution in [3.05, 3.63) is 0 Å². The van der Waals surface area contributed by atoms with Crippen molar-refractivity contribution in [2.45, 2.75) is 13.0 Å². The van der Waals surface area contributed by atoms with Gasteiger partial charge in [0.2, 0.25) is 0 Å². The maximum atomic E-state index is 11.5. The molecule has 12 nitrogen and oxygen atoms in total. The van der Waals surface area contributed by atoms with Crippen LogP contribution in [0, 0.1) is 0 Å². The van der Waals surface area contributed by atoms with Crippen molar-refractivity contribution in [1.82, 2.24) is 15.1 Å². The Labute approximate surface area is 155 Å². The number of nitrogens with zero attached hydrogens (tertiary/aromatic N) is 2. The highest BCUT2D eigenvalue weighted by Crippen LogP contribution is 2.02. The molecule has 3 N–H and O–H groups in total. The summed E-state index contributed by atoms with van der Waals surface area (Å²) in [4.78, 5) is 58.9. The molecule has 0 saturated carbocycles. The number of carboxylic acids is 2. The highest BCUT2D eigenvalue weighted by Gasteiger charge is 2.29. The van der Waals surface area contributed by atoms with Crippen molar-refractivity contribution in [3.8, 4) is 0 Å². The summed E-state index contributed by atoms with van der Waals surface area (Å²) in [6, 6.07) is -1.10. The third kappa shape index (κ3) is 9.08. The number of rotatable bonds is 12. The van der Waals surface area contributed by atoms with E-state index in [2.05, 4.69) is 10.1 Å². The summed E-state index contributed by atoms with van der Waals surface area (Å²) >= 11 is 0. The van der Waals surface area contributed by atoms with Crippen molar-refractivity contribution in [1.29, 1.82) is 0 Å². The van der Waals surface area contributed by atoms with Crippen LogP contribution in [0.1, 0.15) is 6.92 Å². The summed E-state index contributed by atoms with van der Waals surface area (Å²) < 4.78 is 9.14. The van der Waals surface area contributed by atoms with Crippen LogP contribution in [0.5, 0.6) is 0 Å². The SMILES string of the molecule is CCOC(=O)CN(CCNC(CN1CC(=O)OC(=O)C1)C(=O)O)CC(=O)O. The lowest BCUT2D eigenvalue weighted by Gasteiger charge is -2.27. The minimum absolute atomic E-state index is 0.0654. The predicted octanol–water partition coefficient (Wildman–Crippen LogP) is -2.64. The molecule has 1 saturated heterocycles. The fourth-order valence-corrected chi connectivity index (χ4v) is 2.42. The molecule has 0 radical (unpaired) electrons. The van der Waals surface area contributed by atoms with E-state index in [9.17, 15) is 29.1 Å². The predicted molar refractivity (Wildman–Crippen MR) is 87.7 cm³/mol. The third-order valence-electron chi connectivity index (χ3n) is 3.51. The van der Waals surface area contributed by atoms with Gasteiger partial charge in [-0.3, -0.25) is 33.8 Å². The van der Waals surface area contributed by atoms with E-state index >= 15 is 0 Å². The first-order chi connectivity index (χ1) is 12.7. The van der Waals surface area contributed by atoms with Gasteiger partial charge in [0.15, 0.2) is 0 Å². The van der Waals surface area contributed by atoms with Crippen LogP contribution in [-0.4, -0.2) is 108 Å². The Bertz CT molecular complexity index is 565. The van der Waals surface area contributed by atoms with Crippen LogP contribution in [0.15, 0.2) is 0 Å². The minimum atomic E-state index is -1.20. The summed E-state index contributed by atoms with van der Waals surface area (Å²) in [6.45, 7) is 0.751. The molecule has 0 aromatic carbocycles. The molecule has 1 rings (SSSR count). The molecule has 1 aliphatic rings. The minimum Gasteiger partial charge on any atom is -0.480 e. The van der Waals surface area contributed by atoms with E-state index in [1.807, 2.05) is 0 Å². The zero-order chi connectivity index (χ0) is 20.4. The molecule has 1 heterocycles. The van der Waals surface area contributed by atoms with Crippen LogP contribution in [0.25, 0.3) is 0 Å². The number of hydrogen-bond acceptors (Lipinski definition) is 10. The molecule has 27 heavy (non-hydrogen) atoms. The van der Waals surface area contributed by atoms with Gasteiger partial charge in [-0.2, -0.15) is 0 Å². The lowest BCUT2D eigenvalue weighted by Crippen LogP contribution is -2.52. The average molecular weight is 389 g/mol. The number of carboxylic acid groups (broad SMARTS) is 2. The van der Waals surface area contributed by atoms with Crippen LogP contribution in [0.3, 0.4) is 0 Å². The molecule has 0 aliphatic carbocycles. The van der Waals surface area contributed by atoms with Gasteiger partial charge in [-0.1, -0.05) is 0 Å². The molecular weight excluding hydrogens is 366 g/mol. The van der Waals surface area contributed by atoms with Gasteiger partial charge in [0.1, 0.15) is 6.04 Å². The Morgan fingerprint density at radius 1 is 1.22 bits per heavy atom. The molecule has 152 valence electrons. The molecule has 1 aliphatic heterocycles. The van der Waals surface area contributed by atoms with Gasteiger partial charge in [0.25, 0.3) is 0 Å². The number of esters is 3. The first kappa shape index (κ1) is 22.5. The van der Waals surface area contributed by atoms with Gasteiger partial charge in [0, 0.05) is 19.6 Å². The van der Waals surface area contributed by atoms with Gasteiger partial charge < -0.3 is 25.0 Å². The quantitative estimate of drug-likeness (QED) is 0.235. The van der Waals surface area contributed by atoms with Gasteiger partial charge >= 0.3 is 29.8 Å². The highest BCUT2D eigenvalue weighted by molar-refractivity contribution is 5.90. The van der Waals surface area contributed by atoms with Crippen molar-refractivity contribution in [3.63, 3.8) is 0 Å². The largest absolute Gasteiger partial charge is 0.480 e. The van der Waals surface area contributed by atoms with Crippen LogP contribution >= 0.6 is 0 Å². The second-order valence-corrected chi connectivity index (χ2v) is 5.77. The number of aliphatic carboxylic acids is 2. The van der Waals surface area contributed by atoms with Crippen molar-refractivity contribution < 1.29 is 43.7 Å². The summed E-state index contributed by atoms with van der Waals surface area (Å²) in [5.41, 5.74) is 0. The Balaban J connectivity index is 2.54. The monoisotopic (exact) mass is 389 g/mol. The second-order valence-electron chi connectivity index (χ2n) is 5.77. The summed E-state index contributed by atoms with van der Waals surface area (Å²) in [5.74, 6) is -4.43. The first-order valence-electron chi connectivity index (χ1n) is 8.23. The van der Waals surface area contributed by atoms with Crippen molar-refractivity contribution in [2.75, 3.05) is 52.4 Å². The number of carbonyl (C=O) groups is 5. The molecule has 0 aromatic rings. The summed E-state index contributed by atoms with van der Waals surface area (Å²) in [7, 11) is 0. The zero-order valence-corrected chi connectivity index (χ0v) is 14.9. The van der Waals surface area contributed by atoms with Crippen LogP contribution in [0.2, 0.25) is 0 Å². The van der Waals surface area contributed by atoms with E-state index in [1.54, 1.807) is 6.92 Å². The third-order valence-corrected chi connectivity index (χ3v) is 3.51. The molecule has 1 atom stereocenters. The Morgan fingerprint density at radius 3 is 2.37 bits per heavy atom. The Morgan fingerprint density at radius 2 is 1.85 bits per heavy atom. The van der Waals surface area contributed by atoms with Gasteiger partial charge in [-0.05, 0) is 6.92 Å². The maximum absolute atomic E-state index is 11.5. The Hall–Kier alpha value is -2.57. The van der Waals surface area contributed by atoms with E-state index in [0.29, 0.717) is 0 Å². The summed E-state index contributed by atoms with van der Waals surface area (Å²) in [5, 5.41) is 20.9.